The van der Waals surface area contributed by atoms with E-state index in [-0.39, 0.29) is 34.4 Å². The van der Waals surface area contributed by atoms with Gasteiger partial charge in [-0.3, -0.25) is 9.59 Å². The van der Waals surface area contributed by atoms with Crippen LogP contribution in [0.5, 0.6) is 0 Å². The number of aliphatic carboxylic acids is 1. The number of benzene rings is 1. The van der Waals surface area contributed by atoms with Gasteiger partial charge in [-0.2, -0.15) is 0 Å². The molecule has 2 saturated heterocycles. The number of aliphatic hydroxyl groups excluding tert-OH is 1. The van der Waals surface area contributed by atoms with Crippen LogP contribution in [-0.4, -0.2) is 74.0 Å². The summed E-state index contributed by atoms with van der Waals surface area (Å²) in [7, 11) is 0. The molecule has 4 rings (SSSR count). The zero-order chi connectivity index (χ0) is 23.2. The van der Waals surface area contributed by atoms with Gasteiger partial charge in [0.15, 0.2) is 0 Å². The molecule has 11 heteroatoms. The Morgan fingerprint density at radius 3 is 2.66 bits per heavy atom. The average molecular weight is 461 g/mol. The Kier molecular flexibility index (Phi) is 5.97. The minimum atomic E-state index is -1.18. The Balaban J connectivity index is 1.39. The molecule has 0 aliphatic carbocycles. The lowest BCUT2D eigenvalue weighted by atomic mass is 9.83. The molecule has 5 atom stereocenters. The topological polar surface area (TPSA) is 156 Å². The van der Waals surface area contributed by atoms with Crippen LogP contribution < -0.4 is 10.6 Å². The van der Waals surface area contributed by atoms with Crippen molar-refractivity contribution in [3.63, 3.8) is 0 Å². The number of carboxylic acids is 2. The van der Waals surface area contributed by atoms with Crippen molar-refractivity contribution in [2.45, 2.75) is 43.2 Å². The van der Waals surface area contributed by atoms with Crippen LogP contribution in [0.3, 0.4) is 0 Å². The minimum Gasteiger partial charge on any atom is -0.478 e. The van der Waals surface area contributed by atoms with Gasteiger partial charge in [0.2, 0.25) is 11.8 Å². The average Bonchev–Trinajstić information content (AvgIpc) is 3.31. The van der Waals surface area contributed by atoms with Crippen LogP contribution in [0.2, 0.25) is 0 Å². The third-order valence-corrected chi connectivity index (χ3v) is 7.32. The van der Waals surface area contributed by atoms with Crippen LogP contribution in [0.25, 0.3) is 0 Å². The predicted octanol–water partition coefficient (Wildman–Crippen LogP) is 0.695. The molecule has 0 saturated carbocycles. The first-order valence-corrected chi connectivity index (χ1v) is 11.1. The fourth-order valence-electron chi connectivity index (χ4n) is 4.49. The quantitative estimate of drug-likeness (QED) is 0.369. The molecule has 0 spiro atoms. The van der Waals surface area contributed by atoms with Gasteiger partial charge >= 0.3 is 11.9 Å². The number of aliphatic hydroxyl groups is 1. The zero-order valence-electron chi connectivity index (χ0n) is 17.1. The Hall–Kier alpha value is -2.89. The molecule has 2 fully saturated rings. The number of rotatable bonds is 7. The number of carbonyl (C=O) groups excluding carboxylic acids is 2. The van der Waals surface area contributed by atoms with Gasteiger partial charge in [-0.15, -0.1) is 11.8 Å². The smallest absolute Gasteiger partial charge is 0.353 e. The molecule has 10 nitrogen and oxygen atoms in total. The predicted molar refractivity (Wildman–Crippen MR) is 115 cm³/mol. The summed E-state index contributed by atoms with van der Waals surface area (Å²) in [5, 5.41) is 34.3. The normalized spacial score (nSPS) is 27.7. The van der Waals surface area contributed by atoms with Gasteiger partial charge in [-0.1, -0.05) is 6.07 Å². The minimum absolute atomic E-state index is 0.0275. The van der Waals surface area contributed by atoms with E-state index in [9.17, 15) is 29.4 Å². The van der Waals surface area contributed by atoms with E-state index < -0.39 is 30.0 Å². The summed E-state index contributed by atoms with van der Waals surface area (Å²) >= 11 is 1.35. The first-order chi connectivity index (χ1) is 15.2. The number of anilines is 1. The lowest BCUT2D eigenvalue weighted by molar-refractivity contribution is -0.161. The van der Waals surface area contributed by atoms with Gasteiger partial charge in [-0.25, -0.2) is 9.59 Å². The molecule has 0 aromatic heterocycles. The molecule has 3 heterocycles. The molecular formula is C21H23N3O7S. The van der Waals surface area contributed by atoms with Gasteiger partial charge < -0.3 is 30.9 Å². The van der Waals surface area contributed by atoms with Crippen LogP contribution >= 0.6 is 11.8 Å². The number of thioether (sulfide) groups is 1. The van der Waals surface area contributed by atoms with Crippen molar-refractivity contribution in [1.29, 1.82) is 0 Å². The Labute approximate surface area is 187 Å². The summed E-state index contributed by atoms with van der Waals surface area (Å²) < 4.78 is 0. The van der Waals surface area contributed by atoms with E-state index in [0.717, 1.165) is 0 Å². The number of hydrogen-bond donors (Lipinski definition) is 5. The number of carboxylic acid groups (broad SMARTS) is 2. The van der Waals surface area contributed by atoms with Crippen LogP contribution in [0.15, 0.2) is 34.9 Å². The number of fused-ring (bicyclic) bond motifs is 1. The lowest BCUT2D eigenvalue weighted by Gasteiger charge is -2.44. The van der Waals surface area contributed by atoms with Crippen LogP contribution in [0.1, 0.15) is 30.1 Å². The fraction of sp³-hybridized carbons (Fsp3) is 0.429. The van der Waals surface area contributed by atoms with E-state index in [4.69, 9.17) is 5.11 Å². The number of aromatic carboxylic acids is 1. The molecular weight excluding hydrogens is 438 g/mol. The monoisotopic (exact) mass is 461 g/mol. The fourth-order valence-corrected chi connectivity index (χ4v) is 5.92. The van der Waals surface area contributed by atoms with Crippen LogP contribution in [0.4, 0.5) is 5.69 Å². The molecule has 5 N–H and O–H groups in total. The second kappa shape index (κ2) is 8.57. The largest absolute Gasteiger partial charge is 0.478 e. The second-order valence-corrected chi connectivity index (χ2v) is 9.53. The summed E-state index contributed by atoms with van der Waals surface area (Å²) in [6.07, 6.45) is -0.0172. The third-order valence-electron chi connectivity index (χ3n) is 5.98. The number of nitrogens with zero attached hydrogens (tertiary/aromatic N) is 1. The SMILES string of the molecule is C[C@@H](O)[C@H]1C(=O)N2C(C(=O)O)=C(S[C@@H]3CN[C@H](C(=O)Nc4cccc(C(=O)O)c4)C3)C[C@H]12. The summed E-state index contributed by atoms with van der Waals surface area (Å²) in [5.74, 6) is -3.53. The van der Waals surface area contributed by atoms with Crippen LogP contribution in [-0.2, 0) is 14.4 Å². The van der Waals surface area contributed by atoms with Crippen molar-refractivity contribution >= 4 is 41.2 Å². The summed E-state index contributed by atoms with van der Waals surface area (Å²) in [5.41, 5.74) is 0.423. The van der Waals surface area contributed by atoms with E-state index in [0.29, 0.717) is 30.0 Å². The molecule has 0 unspecified atom stereocenters. The first kappa shape index (κ1) is 22.3. The van der Waals surface area contributed by atoms with Crippen molar-refractivity contribution in [3.8, 4) is 0 Å². The van der Waals surface area contributed by atoms with Gasteiger partial charge in [0.1, 0.15) is 5.70 Å². The summed E-state index contributed by atoms with van der Waals surface area (Å²) in [6, 6.07) is 5.11. The maximum Gasteiger partial charge on any atom is 0.353 e. The molecule has 170 valence electrons. The number of amides is 2. The van der Waals surface area contributed by atoms with E-state index >= 15 is 0 Å². The first-order valence-electron chi connectivity index (χ1n) is 10.2. The van der Waals surface area contributed by atoms with E-state index in [1.165, 1.54) is 35.7 Å². The molecule has 3 aliphatic rings. The number of carbonyl (C=O) groups is 4. The van der Waals surface area contributed by atoms with Crippen molar-refractivity contribution < 1.29 is 34.5 Å². The highest BCUT2D eigenvalue weighted by molar-refractivity contribution is 8.03. The second-order valence-electron chi connectivity index (χ2n) is 8.13. The zero-order valence-corrected chi connectivity index (χ0v) is 18.0. The highest BCUT2D eigenvalue weighted by atomic mass is 32.2. The molecule has 2 amide bonds. The summed E-state index contributed by atoms with van der Waals surface area (Å²) in [6.45, 7) is 2.01. The van der Waals surface area contributed by atoms with E-state index in [1.54, 1.807) is 12.1 Å². The molecule has 0 bridgehead atoms. The van der Waals surface area contributed by atoms with Crippen molar-refractivity contribution in [1.82, 2.24) is 10.2 Å². The van der Waals surface area contributed by atoms with Crippen molar-refractivity contribution in [2.75, 3.05) is 11.9 Å². The van der Waals surface area contributed by atoms with Crippen LogP contribution in [0, 0.1) is 5.92 Å². The molecule has 32 heavy (non-hydrogen) atoms. The molecule has 3 aliphatic heterocycles. The van der Waals surface area contributed by atoms with Gasteiger partial charge in [0.05, 0.1) is 29.7 Å². The highest BCUT2D eigenvalue weighted by Crippen LogP contribution is 2.48. The lowest BCUT2D eigenvalue weighted by Crippen LogP contribution is -2.61. The van der Waals surface area contributed by atoms with Gasteiger partial charge in [0, 0.05) is 28.8 Å². The molecule has 1 aromatic rings. The molecule has 0 radical (unpaired) electrons. The number of hydrogen-bond acceptors (Lipinski definition) is 7. The van der Waals surface area contributed by atoms with E-state index in [1.807, 2.05) is 0 Å². The van der Waals surface area contributed by atoms with Gasteiger partial charge in [-0.05, 0) is 31.5 Å². The van der Waals surface area contributed by atoms with Gasteiger partial charge in [0.25, 0.3) is 0 Å². The Morgan fingerprint density at radius 2 is 2.00 bits per heavy atom. The highest BCUT2D eigenvalue weighted by Gasteiger charge is 2.57. The van der Waals surface area contributed by atoms with E-state index in [2.05, 4.69) is 10.6 Å². The number of β-lactam (4-membered cyclic amide) rings is 1. The number of nitrogens with one attached hydrogen (secondary N) is 2. The third kappa shape index (κ3) is 3.98. The standard InChI is InChI=1S/C21H23N3O7S/c1-9(25)16-14-7-15(17(21(30)31)24(14)19(16)27)32-12-6-13(22-8-12)18(26)23-11-4-2-3-10(5-11)20(28)29/h2-5,9,12-14,16,22,25H,6-8H2,1H3,(H,23,26)(H,28,29)(H,30,31)/t9-,12+,13+,14-,16-/m1/s1. The molecule has 1 aromatic carbocycles. The Bertz CT molecular complexity index is 1020. The van der Waals surface area contributed by atoms with Crippen molar-refractivity contribution in [2.24, 2.45) is 5.92 Å². The summed E-state index contributed by atoms with van der Waals surface area (Å²) in [4.78, 5) is 49.7. The maximum atomic E-state index is 12.6. The maximum absolute atomic E-state index is 12.6. The van der Waals surface area contributed by atoms with Crippen molar-refractivity contribution in [3.05, 3.63) is 40.4 Å². The Morgan fingerprint density at radius 1 is 1.25 bits per heavy atom.